The lowest BCUT2D eigenvalue weighted by atomic mass is 9.98. The van der Waals surface area contributed by atoms with Crippen molar-refractivity contribution < 1.29 is 0 Å². The number of hydrogen-bond acceptors (Lipinski definition) is 2. The Morgan fingerprint density at radius 1 is 0.382 bits per heavy atom. The van der Waals surface area contributed by atoms with E-state index in [9.17, 15) is 0 Å². The van der Waals surface area contributed by atoms with E-state index >= 15 is 0 Å². The number of para-hydroxylation sites is 4. The summed E-state index contributed by atoms with van der Waals surface area (Å²) in [5.74, 6) is 0. The van der Waals surface area contributed by atoms with Gasteiger partial charge in [-0.2, -0.15) is 0 Å². The number of thiophene rings is 1. The monoisotopic (exact) mass is 717 g/mol. The molecule has 0 unspecified atom stereocenters. The molecule has 12 rings (SSSR count). The second kappa shape index (κ2) is 11.7. The van der Waals surface area contributed by atoms with Crippen molar-refractivity contribution in [3.63, 3.8) is 0 Å². The molecule has 0 amide bonds. The Labute approximate surface area is 320 Å². The molecule has 0 aliphatic carbocycles. The van der Waals surface area contributed by atoms with E-state index in [2.05, 4.69) is 197 Å². The first kappa shape index (κ1) is 30.5. The number of nitrogens with zero attached hydrogens (tertiary/aromatic N) is 3. The third kappa shape index (κ3) is 4.59. The predicted octanol–water partition coefficient (Wildman–Crippen LogP) is 14.1. The molecule has 0 aliphatic rings. The molecule has 0 atom stereocenters. The second-order valence-electron chi connectivity index (χ2n) is 14.4. The molecule has 0 aliphatic heterocycles. The van der Waals surface area contributed by atoms with Gasteiger partial charge in [-0.15, -0.1) is 11.3 Å². The van der Waals surface area contributed by atoms with Gasteiger partial charge in [-0.25, -0.2) is 4.98 Å². The zero-order valence-electron chi connectivity index (χ0n) is 29.6. The van der Waals surface area contributed by atoms with Gasteiger partial charge in [0, 0.05) is 31.9 Å². The number of imidazole rings is 1. The number of rotatable bonds is 4. The molecular weight excluding hydrogens is 687 g/mol. The molecule has 0 fully saturated rings. The highest BCUT2D eigenvalue weighted by Crippen LogP contribution is 2.43. The second-order valence-corrected chi connectivity index (χ2v) is 15.4. The van der Waals surface area contributed by atoms with Crippen LogP contribution in [0.3, 0.4) is 0 Å². The standard InChI is InChI=1S/C51H31N3S/c1-2-11-38(12-3-1)53-45-16-8-6-14-40(45)42-30-37(27-29-46(42)53)34-20-18-32(19-21-34)33-22-24-36(25-23-33)48-31-43-41-28-26-35-10-4-5-13-39(35)49(41)55-50(43)51-52-44-15-7-9-17-47(44)54(48)51/h1-31H. The van der Waals surface area contributed by atoms with E-state index in [4.69, 9.17) is 4.98 Å². The van der Waals surface area contributed by atoms with Gasteiger partial charge < -0.3 is 4.57 Å². The Kier molecular flexibility index (Phi) is 6.50. The first-order valence-electron chi connectivity index (χ1n) is 18.7. The van der Waals surface area contributed by atoms with Crippen molar-refractivity contribution >= 4 is 80.8 Å². The lowest BCUT2D eigenvalue weighted by Crippen LogP contribution is -1.93. The van der Waals surface area contributed by atoms with Crippen molar-refractivity contribution in [2.24, 2.45) is 0 Å². The summed E-state index contributed by atoms with van der Waals surface area (Å²) in [6.45, 7) is 0. The highest BCUT2D eigenvalue weighted by atomic mass is 32.1. The fourth-order valence-corrected chi connectivity index (χ4v) is 9.98. The van der Waals surface area contributed by atoms with Crippen LogP contribution in [-0.4, -0.2) is 14.0 Å². The number of aromatic nitrogens is 3. The third-order valence-corrected chi connectivity index (χ3v) is 12.6. The van der Waals surface area contributed by atoms with E-state index in [0.29, 0.717) is 0 Å². The molecule has 0 saturated heterocycles. The molecule has 3 nitrogen and oxygen atoms in total. The summed E-state index contributed by atoms with van der Waals surface area (Å²) in [6.07, 6.45) is 0. The van der Waals surface area contributed by atoms with Crippen LogP contribution in [0.1, 0.15) is 0 Å². The van der Waals surface area contributed by atoms with Gasteiger partial charge in [0.25, 0.3) is 0 Å². The van der Waals surface area contributed by atoms with Crippen LogP contribution in [-0.2, 0) is 0 Å². The summed E-state index contributed by atoms with van der Waals surface area (Å²) in [4.78, 5) is 5.22. The topological polar surface area (TPSA) is 22.2 Å². The lowest BCUT2D eigenvalue weighted by molar-refractivity contribution is 1.18. The van der Waals surface area contributed by atoms with E-state index in [0.717, 1.165) is 22.4 Å². The summed E-state index contributed by atoms with van der Waals surface area (Å²) >= 11 is 1.86. The Hall–Kier alpha value is -7.01. The fraction of sp³-hybridized carbons (Fsp3) is 0. The molecule has 55 heavy (non-hydrogen) atoms. The zero-order valence-corrected chi connectivity index (χ0v) is 30.5. The van der Waals surface area contributed by atoms with Crippen LogP contribution in [0.25, 0.3) is 109 Å². The SMILES string of the molecule is c1ccc(-n2c3ccccc3c3cc(-c4ccc(-c5ccc(-c6cc7c8ccc9ccccc9c8sc7c7nc8ccccc8n67)cc5)cc4)ccc32)cc1. The molecule has 8 aromatic carbocycles. The minimum absolute atomic E-state index is 1.01. The Bertz CT molecular complexity index is 3460. The van der Waals surface area contributed by atoms with E-state index in [1.165, 1.54) is 86.3 Å². The molecule has 0 bridgehead atoms. The van der Waals surface area contributed by atoms with Crippen molar-refractivity contribution in [3.05, 3.63) is 188 Å². The zero-order chi connectivity index (χ0) is 36.0. The fourth-order valence-electron chi connectivity index (χ4n) is 8.69. The average Bonchev–Trinajstić information content (AvgIpc) is 3.94. The van der Waals surface area contributed by atoms with Crippen LogP contribution in [0, 0.1) is 0 Å². The molecule has 4 heterocycles. The first-order valence-corrected chi connectivity index (χ1v) is 19.5. The molecule has 256 valence electrons. The van der Waals surface area contributed by atoms with E-state index < -0.39 is 0 Å². The number of fused-ring (bicyclic) bond motifs is 12. The summed E-state index contributed by atoms with van der Waals surface area (Å²) < 4.78 is 7.26. The minimum atomic E-state index is 1.01. The van der Waals surface area contributed by atoms with Crippen LogP contribution in [0.2, 0.25) is 0 Å². The van der Waals surface area contributed by atoms with Crippen LogP contribution in [0.5, 0.6) is 0 Å². The van der Waals surface area contributed by atoms with Crippen LogP contribution >= 0.6 is 11.3 Å². The quantitative estimate of drug-likeness (QED) is 0.178. The molecule has 0 saturated carbocycles. The van der Waals surface area contributed by atoms with E-state index in [-0.39, 0.29) is 0 Å². The molecular formula is C51H31N3S. The maximum atomic E-state index is 5.22. The Balaban J connectivity index is 0.936. The highest BCUT2D eigenvalue weighted by Gasteiger charge is 2.19. The third-order valence-electron chi connectivity index (χ3n) is 11.3. The van der Waals surface area contributed by atoms with Crippen molar-refractivity contribution in [1.82, 2.24) is 14.0 Å². The van der Waals surface area contributed by atoms with Crippen molar-refractivity contribution in [3.8, 4) is 39.2 Å². The molecule has 0 N–H and O–H groups in total. The van der Waals surface area contributed by atoms with Gasteiger partial charge in [-0.05, 0) is 87.1 Å². The van der Waals surface area contributed by atoms with Gasteiger partial charge in [-0.1, -0.05) is 140 Å². The summed E-state index contributed by atoms with van der Waals surface area (Å²) in [6, 6.07) is 68.3. The summed E-state index contributed by atoms with van der Waals surface area (Å²) in [7, 11) is 0. The number of pyridine rings is 1. The van der Waals surface area contributed by atoms with Crippen LogP contribution in [0.4, 0.5) is 0 Å². The number of benzene rings is 8. The van der Waals surface area contributed by atoms with Crippen LogP contribution < -0.4 is 0 Å². The van der Waals surface area contributed by atoms with Crippen LogP contribution in [0.15, 0.2) is 188 Å². The van der Waals surface area contributed by atoms with Crippen molar-refractivity contribution in [2.75, 3.05) is 0 Å². The molecule has 4 heteroatoms. The summed E-state index contributed by atoms with van der Waals surface area (Å²) in [5.41, 5.74) is 13.9. The average molecular weight is 718 g/mol. The maximum absolute atomic E-state index is 5.22. The van der Waals surface area contributed by atoms with Gasteiger partial charge in [0.1, 0.15) is 0 Å². The Morgan fingerprint density at radius 2 is 1.00 bits per heavy atom. The van der Waals surface area contributed by atoms with Crippen molar-refractivity contribution in [2.45, 2.75) is 0 Å². The van der Waals surface area contributed by atoms with Gasteiger partial charge in [-0.3, -0.25) is 4.40 Å². The smallest absolute Gasteiger partial charge is 0.156 e. The minimum Gasteiger partial charge on any atom is -0.309 e. The molecule has 4 aromatic heterocycles. The molecule has 0 radical (unpaired) electrons. The van der Waals surface area contributed by atoms with Crippen molar-refractivity contribution in [1.29, 1.82) is 0 Å². The van der Waals surface area contributed by atoms with Gasteiger partial charge >= 0.3 is 0 Å². The molecule has 12 aromatic rings. The lowest BCUT2D eigenvalue weighted by Gasteiger charge is -2.11. The Morgan fingerprint density at radius 3 is 1.80 bits per heavy atom. The van der Waals surface area contributed by atoms with Gasteiger partial charge in [0.05, 0.1) is 32.5 Å². The largest absolute Gasteiger partial charge is 0.309 e. The van der Waals surface area contributed by atoms with E-state index in [1.54, 1.807) is 0 Å². The molecule has 0 spiro atoms. The predicted molar refractivity (Wildman–Crippen MR) is 234 cm³/mol. The number of hydrogen-bond donors (Lipinski definition) is 0. The van der Waals surface area contributed by atoms with E-state index in [1.807, 2.05) is 11.3 Å². The van der Waals surface area contributed by atoms with Gasteiger partial charge in [0.15, 0.2) is 5.65 Å². The maximum Gasteiger partial charge on any atom is 0.156 e. The summed E-state index contributed by atoms with van der Waals surface area (Å²) in [5, 5.41) is 7.63. The highest BCUT2D eigenvalue weighted by molar-refractivity contribution is 7.27. The first-order chi connectivity index (χ1) is 27.3. The van der Waals surface area contributed by atoms with Gasteiger partial charge in [0.2, 0.25) is 0 Å². The normalized spacial score (nSPS) is 12.0.